The monoisotopic (exact) mass is 241 g/mol. The van der Waals surface area contributed by atoms with Crippen molar-refractivity contribution in [1.29, 1.82) is 0 Å². The zero-order chi connectivity index (χ0) is 13.1. The maximum Gasteiger partial charge on any atom is 0.357 e. The van der Waals surface area contributed by atoms with Crippen molar-refractivity contribution in [1.82, 2.24) is 0 Å². The number of aryl methyl sites for hydroxylation is 1. The van der Waals surface area contributed by atoms with E-state index in [1.165, 1.54) is 5.56 Å². The predicted molar refractivity (Wildman–Crippen MR) is 71.0 cm³/mol. The molecule has 2 rings (SSSR count). The van der Waals surface area contributed by atoms with Crippen LogP contribution in [-0.4, -0.2) is 5.97 Å². The van der Waals surface area contributed by atoms with Gasteiger partial charge in [-0.2, -0.15) is 5.90 Å². The Balaban J connectivity index is 2.64. The lowest BCUT2D eigenvalue weighted by Crippen LogP contribution is -2.11. The average molecular weight is 241 g/mol. The second-order valence-electron chi connectivity index (χ2n) is 4.20. The molecule has 2 aromatic rings. The van der Waals surface area contributed by atoms with Gasteiger partial charge in [0.2, 0.25) is 0 Å². The quantitative estimate of drug-likeness (QED) is 0.822. The molecule has 0 aliphatic rings. The van der Waals surface area contributed by atoms with Crippen molar-refractivity contribution >= 4 is 5.97 Å². The van der Waals surface area contributed by atoms with Gasteiger partial charge in [0, 0.05) is 0 Å². The van der Waals surface area contributed by atoms with Crippen molar-refractivity contribution in [3.8, 4) is 11.1 Å². The van der Waals surface area contributed by atoms with Crippen LogP contribution in [0.15, 0.2) is 42.5 Å². The Labute approximate surface area is 106 Å². The molecule has 0 spiro atoms. The van der Waals surface area contributed by atoms with Crippen molar-refractivity contribution < 1.29 is 9.63 Å². The van der Waals surface area contributed by atoms with Crippen LogP contribution in [0, 0.1) is 13.8 Å². The van der Waals surface area contributed by atoms with E-state index in [1.54, 1.807) is 12.1 Å². The SMILES string of the molecule is Cc1cccc(-c2ccccc2C(=O)ON)c1C. The number of hydrogen-bond acceptors (Lipinski definition) is 3. The standard InChI is InChI=1S/C15H15NO2/c1-10-6-5-9-12(11(10)2)13-7-3-4-8-14(13)15(17)18-16/h3-9H,16H2,1-2H3. The molecule has 0 amide bonds. The summed E-state index contributed by atoms with van der Waals surface area (Å²) in [5.41, 5.74) is 4.68. The molecule has 0 radical (unpaired) electrons. The minimum Gasteiger partial charge on any atom is -0.370 e. The molecular formula is C15H15NO2. The summed E-state index contributed by atoms with van der Waals surface area (Å²) < 4.78 is 0. The normalized spacial score (nSPS) is 10.2. The van der Waals surface area contributed by atoms with E-state index in [4.69, 9.17) is 5.90 Å². The van der Waals surface area contributed by atoms with E-state index in [1.807, 2.05) is 44.2 Å². The average Bonchev–Trinajstić information content (AvgIpc) is 2.41. The molecule has 3 nitrogen and oxygen atoms in total. The molecule has 0 aromatic heterocycles. The van der Waals surface area contributed by atoms with Crippen molar-refractivity contribution in [2.24, 2.45) is 5.90 Å². The van der Waals surface area contributed by atoms with E-state index in [0.29, 0.717) is 5.56 Å². The van der Waals surface area contributed by atoms with E-state index in [2.05, 4.69) is 4.84 Å². The summed E-state index contributed by atoms with van der Waals surface area (Å²) in [5, 5.41) is 0. The van der Waals surface area contributed by atoms with Gasteiger partial charge in [-0.1, -0.05) is 36.4 Å². The fourth-order valence-electron chi connectivity index (χ4n) is 2.00. The van der Waals surface area contributed by atoms with Crippen LogP contribution in [0.3, 0.4) is 0 Å². The van der Waals surface area contributed by atoms with Crippen molar-refractivity contribution in [2.75, 3.05) is 0 Å². The van der Waals surface area contributed by atoms with E-state index >= 15 is 0 Å². The molecule has 0 heterocycles. The van der Waals surface area contributed by atoms with Crippen LogP contribution in [-0.2, 0) is 4.84 Å². The van der Waals surface area contributed by atoms with Gasteiger partial charge in [-0.3, -0.25) is 0 Å². The van der Waals surface area contributed by atoms with Crippen molar-refractivity contribution in [3.63, 3.8) is 0 Å². The maximum absolute atomic E-state index is 11.7. The molecule has 0 aliphatic carbocycles. The van der Waals surface area contributed by atoms with E-state index in [9.17, 15) is 4.79 Å². The summed E-state index contributed by atoms with van der Waals surface area (Å²) in [6.07, 6.45) is 0. The van der Waals surface area contributed by atoms with Crippen LogP contribution in [0.1, 0.15) is 21.5 Å². The summed E-state index contributed by atoms with van der Waals surface area (Å²) in [6, 6.07) is 13.3. The van der Waals surface area contributed by atoms with Gasteiger partial charge in [0.05, 0.1) is 5.56 Å². The molecule has 92 valence electrons. The molecule has 2 N–H and O–H groups in total. The van der Waals surface area contributed by atoms with Gasteiger partial charge in [-0.15, -0.1) is 0 Å². The first-order valence-corrected chi connectivity index (χ1v) is 5.72. The number of hydrogen-bond donors (Lipinski definition) is 1. The van der Waals surface area contributed by atoms with Crippen LogP contribution >= 0.6 is 0 Å². The minimum atomic E-state index is -0.522. The molecule has 0 atom stereocenters. The molecule has 0 bridgehead atoms. The fourth-order valence-corrected chi connectivity index (χ4v) is 2.00. The zero-order valence-electron chi connectivity index (χ0n) is 10.4. The third-order valence-electron chi connectivity index (χ3n) is 3.15. The van der Waals surface area contributed by atoms with Gasteiger partial charge in [-0.05, 0) is 42.2 Å². The second-order valence-corrected chi connectivity index (χ2v) is 4.20. The van der Waals surface area contributed by atoms with Gasteiger partial charge in [0.25, 0.3) is 0 Å². The Hall–Kier alpha value is -2.13. The highest BCUT2D eigenvalue weighted by molar-refractivity contribution is 5.97. The van der Waals surface area contributed by atoms with Gasteiger partial charge in [0.1, 0.15) is 0 Å². The molecule has 0 fully saturated rings. The Kier molecular flexibility index (Phi) is 3.44. The van der Waals surface area contributed by atoms with E-state index in [0.717, 1.165) is 16.7 Å². The lowest BCUT2D eigenvalue weighted by molar-refractivity contribution is 0.0504. The number of carbonyl (C=O) groups is 1. The van der Waals surface area contributed by atoms with Crippen molar-refractivity contribution in [2.45, 2.75) is 13.8 Å². The summed E-state index contributed by atoms with van der Waals surface area (Å²) in [6.45, 7) is 4.08. The Morgan fingerprint density at radius 1 is 1.00 bits per heavy atom. The van der Waals surface area contributed by atoms with Crippen molar-refractivity contribution in [3.05, 3.63) is 59.2 Å². The van der Waals surface area contributed by atoms with Crippen LogP contribution in [0.2, 0.25) is 0 Å². The smallest absolute Gasteiger partial charge is 0.357 e. The largest absolute Gasteiger partial charge is 0.370 e. The summed E-state index contributed by atoms with van der Waals surface area (Å²) in [7, 11) is 0. The molecule has 0 saturated carbocycles. The Morgan fingerprint density at radius 2 is 1.67 bits per heavy atom. The lowest BCUT2D eigenvalue weighted by Gasteiger charge is -2.11. The van der Waals surface area contributed by atoms with Crippen LogP contribution < -0.4 is 5.90 Å². The third-order valence-corrected chi connectivity index (χ3v) is 3.15. The first-order chi connectivity index (χ1) is 8.65. The number of nitrogens with two attached hydrogens (primary N) is 1. The van der Waals surface area contributed by atoms with Gasteiger partial charge in [0.15, 0.2) is 0 Å². The summed E-state index contributed by atoms with van der Waals surface area (Å²) in [4.78, 5) is 16.0. The molecule has 0 saturated heterocycles. The number of benzene rings is 2. The highest BCUT2D eigenvalue weighted by Crippen LogP contribution is 2.28. The number of carbonyl (C=O) groups excluding carboxylic acids is 1. The highest BCUT2D eigenvalue weighted by atomic mass is 16.7. The second kappa shape index (κ2) is 5.02. The molecule has 0 aliphatic heterocycles. The van der Waals surface area contributed by atoms with Gasteiger partial charge < -0.3 is 4.84 Å². The number of rotatable bonds is 2. The highest BCUT2D eigenvalue weighted by Gasteiger charge is 2.14. The molecule has 18 heavy (non-hydrogen) atoms. The zero-order valence-corrected chi connectivity index (χ0v) is 10.4. The predicted octanol–water partition coefficient (Wildman–Crippen LogP) is 3.00. The molecule has 3 heteroatoms. The topological polar surface area (TPSA) is 52.3 Å². The summed E-state index contributed by atoms with van der Waals surface area (Å²) in [5.74, 6) is 4.45. The first-order valence-electron chi connectivity index (χ1n) is 5.72. The lowest BCUT2D eigenvalue weighted by atomic mass is 9.94. The first kappa shape index (κ1) is 12.3. The Bertz CT molecular complexity index is 591. The van der Waals surface area contributed by atoms with E-state index in [-0.39, 0.29) is 0 Å². The van der Waals surface area contributed by atoms with E-state index < -0.39 is 5.97 Å². The molecular weight excluding hydrogens is 226 g/mol. The van der Waals surface area contributed by atoms with Crippen LogP contribution in [0.5, 0.6) is 0 Å². The Morgan fingerprint density at radius 3 is 2.39 bits per heavy atom. The van der Waals surface area contributed by atoms with Gasteiger partial charge in [-0.25, -0.2) is 4.79 Å². The third kappa shape index (κ3) is 2.13. The summed E-state index contributed by atoms with van der Waals surface area (Å²) >= 11 is 0. The molecule has 2 aromatic carbocycles. The van der Waals surface area contributed by atoms with Crippen LogP contribution in [0.4, 0.5) is 0 Å². The fraction of sp³-hybridized carbons (Fsp3) is 0.133. The minimum absolute atomic E-state index is 0.480. The maximum atomic E-state index is 11.7. The van der Waals surface area contributed by atoms with Gasteiger partial charge >= 0.3 is 5.97 Å². The van der Waals surface area contributed by atoms with Crippen LogP contribution in [0.25, 0.3) is 11.1 Å². The molecule has 0 unspecified atom stereocenters.